The van der Waals surface area contributed by atoms with Gasteiger partial charge in [-0.2, -0.15) is 0 Å². The van der Waals surface area contributed by atoms with E-state index in [1.807, 2.05) is 55.4 Å². The smallest absolute Gasteiger partial charge is 0.190 e. The lowest BCUT2D eigenvalue weighted by atomic mass is 10.2. The van der Waals surface area contributed by atoms with E-state index >= 15 is 0 Å². The van der Waals surface area contributed by atoms with Crippen LogP contribution in [-0.4, -0.2) is 33.3 Å². The van der Waals surface area contributed by atoms with Gasteiger partial charge in [-0.3, -0.25) is 0 Å². The van der Waals surface area contributed by atoms with E-state index in [-0.39, 0.29) is 0 Å². The fraction of sp³-hybridized carbons (Fsp3) is 0.250. The van der Waals surface area contributed by atoms with Crippen LogP contribution in [0.2, 0.25) is 0 Å². The van der Waals surface area contributed by atoms with Gasteiger partial charge in [0, 0.05) is 38.8 Å². The van der Waals surface area contributed by atoms with Crippen LogP contribution in [0.15, 0.2) is 41.4 Å². The van der Waals surface area contributed by atoms with Gasteiger partial charge in [0.1, 0.15) is 5.03 Å². The van der Waals surface area contributed by atoms with Crippen molar-refractivity contribution in [3.63, 3.8) is 0 Å². The monoisotopic (exact) mass is 304 g/mol. The molecule has 0 N–H and O–H groups in total. The van der Waals surface area contributed by atoms with E-state index in [1.165, 1.54) is 6.26 Å². The Morgan fingerprint density at radius 2 is 1.62 bits per heavy atom. The van der Waals surface area contributed by atoms with Crippen molar-refractivity contribution < 1.29 is 8.42 Å². The Morgan fingerprint density at radius 3 is 2.10 bits per heavy atom. The lowest BCUT2D eigenvalue weighted by Crippen LogP contribution is -2.07. The average Bonchev–Trinajstić information content (AvgIpc) is 2.78. The van der Waals surface area contributed by atoms with E-state index in [9.17, 15) is 8.42 Å². The van der Waals surface area contributed by atoms with Crippen LogP contribution < -0.4 is 4.90 Å². The summed E-state index contributed by atoms with van der Waals surface area (Å²) in [4.78, 5) is 2.04. The van der Waals surface area contributed by atoms with E-state index in [0.29, 0.717) is 5.03 Å². The van der Waals surface area contributed by atoms with Crippen molar-refractivity contribution in [2.24, 2.45) is 7.05 Å². The predicted octanol–water partition coefficient (Wildman–Crippen LogP) is 2.67. The molecule has 0 radical (unpaired) electrons. The highest BCUT2D eigenvalue weighted by Crippen LogP contribution is 2.17. The first kappa shape index (κ1) is 15.4. The molecule has 0 saturated carbocycles. The molecule has 0 atom stereocenters. The number of aromatic nitrogens is 1. The zero-order valence-electron chi connectivity index (χ0n) is 12.7. The summed E-state index contributed by atoms with van der Waals surface area (Å²) in [5.74, 6) is 0. The molecule has 21 heavy (non-hydrogen) atoms. The summed E-state index contributed by atoms with van der Waals surface area (Å²) < 4.78 is 24.9. The highest BCUT2D eigenvalue weighted by Gasteiger charge is 2.12. The maximum absolute atomic E-state index is 11.6. The summed E-state index contributed by atoms with van der Waals surface area (Å²) in [5.41, 5.74) is 3.07. The van der Waals surface area contributed by atoms with Gasteiger partial charge in [0.25, 0.3) is 0 Å². The van der Waals surface area contributed by atoms with Crippen molar-refractivity contribution in [2.45, 2.75) is 5.03 Å². The Hall–Kier alpha value is -2.01. The second-order valence-corrected chi connectivity index (χ2v) is 7.21. The summed E-state index contributed by atoms with van der Waals surface area (Å²) >= 11 is 0. The molecule has 0 aliphatic carbocycles. The number of sulfone groups is 1. The van der Waals surface area contributed by atoms with E-state index in [0.717, 1.165) is 16.9 Å². The third-order valence-corrected chi connectivity index (χ3v) is 4.52. The van der Waals surface area contributed by atoms with Crippen molar-refractivity contribution in [3.8, 4) is 0 Å². The van der Waals surface area contributed by atoms with E-state index in [2.05, 4.69) is 0 Å². The molecule has 0 unspecified atom stereocenters. The SMILES string of the molecule is CN(C)c1ccc(/C=C\c2ccc(S(C)(=O)=O)n2C)cc1. The molecule has 0 spiro atoms. The van der Waals surface area contributed by atoms with E-state index in [4.69, 9.17) is 0 Å². The number of anilines is 1. The number of rotatable bonds is 4. The third-order valence-electron chi connectivity index (χ3n) is 3.35. The molecule has 2 rings (SSSR count). The fourth-order valence-electron chi connectivity index (χ4n) is 2.11. The minimum Gasteiger partial charge on any atom is -0.378 e. The van der Waals surface area contributed by atoms with Crippen molar-refractivity contribution >= 4 is 27.7 Å². The standard InChI is InChI=1S/C16H20N2O2S/c1-17(2)14-8-5-13(6-9-14)7-10-15-11-12-16(18(15)3)21(4,19)20/h5-12H,1-4H3/b10-7-. The largest absolute Gasteiger partial charge is 0.378 e. The Labute approximate surface area is 126 Å². The number of hydrogen-bond donors (Lipinski definition) is 0. The summed E-state index contributed by atoms with van der Waals surface area (Å²) in [5, 5.41) is 0.324. The number of benzene rings is 1. The normalized spacial score (nSPS) is 12.0. The molecule has 1 heterocycles. The maximum Gasteiger partial charge on any atom is 0.190 e. The van der Waals surface area contributed by atoms with Crippen molar-refractivity contribution in [3.05, 3.63) is 47.7 Å². The number of hydrogen-bond acceptors (Lipinski definition) is 3. The highest BCUT2D eigenvalue weighted by atomic mass is 32.2. The van der Waals surface area contributed by atoms with Gasteiger partial charge < -0.3 is 9.47 Å². The predicted molar refractivity (Wildman–Crippen MR) is 88.2 cm³/mol. The van der Waals surface area contributed by atoms with Gasteiger partial charge in [0.2, 0.25) is 0 Å². The van der Waals surface area contributed by atoms with Crippen LogP contribution >= 0.6 is 0 Å². The molecule has 4 nitrogen and oxygen atoms in total. The van der Waals surface area contributed by atoms with Gasteiger partial charge in [-0.25, -0.2) is 8.42 Å². The molecule has 0 aliphatic rings. The fourth-order valence-corrected chi connectivity index (χ4v) is 3.03. The van der Waals surface area contributed by atoms with Gasteiger partial charge in [0.15, 0.2) is 9.84 Å². The van der Waals surface area contributed by atoms with E-state index < -0.39 is 9.84 Å². The van der Waals surface area contributed by atoms with Crippen molar-refractivity contribution in [1.29, 1.82) is 0 Å². The molecule has 0 aliphatic heterocycles. The molecular formula is C16H20N2O2S. The molecule has 1 aromatic carbocycles. The maximum atomic E-state index is 11.6. The Bertz CT molecular complexity index is 754. The Kier molecular flexibility index (Phi) is 4.23. The van der Waals surface area contributed by atoms with Gasteiger partial charge >= 0.3 is 0 Å². The quantitative estimate of drug-likeness (QED) is 0.872. The average molecular weight is 304 g/mol. The van der Waals surface area contributed by atoms with Crippen molar-refractivity contribution in [1.82, 2.24) is 4.57 Å². The van der Waals surface area contributed by atoms with Crippen LogP contribution in [0, 0.1) is 0 Å². The van der Waals surface area contributed by atoms with Crippen LogP contribution in [0.1, 0.15) is 11.3 Å². The first-order valence-electron chi connectivity index (χ1n) is 6.60. The summed E-state index contributed by atoms with van der Waals surface area (Å²) in [6, 6.07) is 11.6. The summed E-state index contributed by atoms with van der Waals surface area (Å²) in [7, 11) is 2.57. The Balaban J connectivity index is 2.24. The van der Waals surface area contributed by atoms with Crippen LogP contribution in [0.4, 0.5) is 5.69 Å². The molecule has 5 heteroatoms. The third kappa shape index (κ3) is 3.55. The second-order valence-electron chi connectivity index (χ2n) is 5.25. The molecule has 2 aromatic rings. The van der Waals surface area contributed by atoms with Gasteiger partial charge in [0.05, 0.1) is 0 Å². The highest BCUT2D eigenvalue weighted by molar-refractivity contribution is 7.90. The molecule has 0 bridgehead atoms. The molecular weight excluding hydrogens is 284 g/mol. The van der Waals surface area contributed by atoms with Crippen molar-refractivity contribution in [2.75, 3.05) is 25.3 Å². The summed E-state index contributed by atoms with van der Waals surface area (Å²) in [6.07, 6.45) is 5.11. The van der Waals surface area contributed by atoms with Crippen LogP contribution in [-0.2, 0) is 16.9 Å². The van der Waals surface area contributed by atoms with Gasteiger partial charge in [-0.05, 0) is 35.9 Å². The molecule has 112 valence electrons. The van der Waals surface area contributed by atoms with Crippen LogP contribution in [0.5, 0.6) is 0 Å². The molecule has 0 fully saturated rings. The lowest BCUT2D eigenvalue weighted by molar-refractivity contribution is 0.591. The van der Waals surface area contributed by atoms with Gasteiger partial charge in [-0.1, -0.05) is 18.2 Å². The molecule has 1 aromatic heterocycles. The van der Waals surface area contributed by atoms with E-state index in [1.54, 1.807) is 23.7 Å². The zero-order valence-corrected chi connectivity index (χ0v) is 13.6. The minimum absolute atomic E-state index is 0.324. The number of nitrogens with zero attached hydrogens (tertiary/aromatic N) is 2. The Morgan fingerprint density at radius 1 is 1.00 bits per heavy atom. The zero-order chi connectivity index (χ0) is 15.6. The second kappa shape index (κ2) is 5.77. The topological polar surface area (TPSA) is 42.3 Å². The minimum atomic E-state index is -3.19. The molecule has 0 saturated heterocycles. The first-order chi connectivity index (χ1) is 9.79. The van der Waals surface area contributed by atoms with Gasteiger partial charge in [-0.15, -0.1) is 0 Å². The molecule has 0 amide bonds. The van der Waals surface area contributed by atoms with Crippen LogP contribution in [0.3, 0.4) is 0 Å². The summed E-state index contributed by atoms with van der Waals surface area (Å²) in [6.45, 7) is 0. The lowest BCUT2D eigenvalue weighted by Gasteiger charge is -2.11. The van der Waals surface area contributed by atoms with Crippen LogP contribution in [0.25, 0.3) is 12.2 Å². The first-order valence-corrected chi connectivity index (χ1v) is 8.49.